The fraction of sp³-hybridized carbons (Fsp3) is 0.750. The summed E-state index contributed by atoms with van der Waals surface area (Å²) in [5.74, 6) is 0. The normalized spacial score (nSPS) is 14.2. The Morgan fingerprint density at radius 3 is 1.69 bits per heavy atom. The first kappa shape index (κ1) is 12.6. The fourth-order valence-corrected chi connectivity index (χ4v) is 1.27. The molecule has 0 aliphatic rings. The first-order valence-corrected chi connectivity index (χ1v) is 6.28. The number of hydrogen-bond acceptors (Lipinski definition) is 5. The lowest BCUT2D eigenvalue weighted by Crippen LogP contribution is -2.15. The van der Waals surface area contributed by atoms with Gasteiger partial charge in [-0.2, -0.15) is 10.5 Å². The van der Waals surface area contributed by atoms with Gasteiger partial charge in [-0.25, -0.2) is 0 Å². The molecular weight excluding hydrogens is 204 g/mol. The predicted octanol–water partition coefficient (Wildman–Crippen LogP) is 1.51. The Morgan fingerprint density at radius 2 is 1.46 bits per heavy atom. The van der Waals surface area contributed by atoms with E-state index in [1.54, 1.807) is 0 Å². The van der Waals surface area contributed by atoms with Crippen LogP contribution in [0.15, 0.2) is 0 Å². The summed E-state index contributed by atoms with van der Waals surface area (Å²) >= 11 is 2.92. The van der Waals surface area contributed by atoms with Gasteiger partial charge in [0.1, 0.15) is 10.5 Å². The molecule has 0 radical (unpaired) electrons. The number of hydrogen-bond donors (Lipinski definition) is 0. The van der Waals surface area contributed by atoms with Crippen molar-refractivity contribution in [3.63, 3.8) is 0 Å². The molecule has 0 aliphatic heterocycles. The summed E-state index contributed by atoms with van der Waals surface area (Å²) in [6.45, 7) is 0.798. The van der Waals surface area contributed by atoms with Crippen LogP contribution >= 0.6 is 23.5 Å². The second-order valence-electron chi connectivity index (χ2n) is 2.24. The molecule has 13 heavy (non-hydrogen) atoms. The Balaban J connectivity index is 3.56. The van der Waals surface area contributed by atoms with Crippen LogP contribution in [0.5, 0.6) is 0 Å². The average Bonchev–Trinajstić information content (AvgIpc) is 2.19. The minimum absolute atomic E-state index is 0.124. The third-order valence-corrected chi connectivity index (χ3v) is 3.02. The maximum atomic E-state index is 8.58. The van der Waals surface area contributed by atoms with E-state index in [0.29, 0.717) is 13.2 Å². The summed E-state index contributed by atoms with van der Waals surface area (Å²) in [6.07, 6.45) is 3.74. The predicted molar refractivity (Wildman–Crippen MR) is 56.7 cm³/mol. The van der Waals surface area contributed by atoms with Crippen molar-refractivity contribution in [1.29, 1.82) is 10.5 Å². The van der Waals surface area contributed by atoms with Crippen molar-refractivity contribution in [2.45, 2.75) is 10.5 Å². The first-order valence-electron chi connectivity index (χ1n) is 3.71. The van der Waals surface area contributed by atoms with E-state index in [1.807, 2.05) is 12.5 Å². The van der Waals surface area contributed by atoms with Gasteiger partial charge in [-0.05, 0) is 12.5 Å². The zero-order valence-electron chi connectivity index (χ0n) is 7.69. The van der Waals surface area contributed by atoms with Crippen LogP contribution in [0.3, 0.4) is 0 Å². The van der Waals surface area contributed by atoms with Crippen LogP contribution in [0.25, 0.3) is 0 Å². The minimum Gasteiger partial charge on any atom is -0.377 e. The van der Waals surface area contributed by atoms with Crippen LogP contribution in [-0.4, -0.2) is 36.2 Å². The SMILES string of the molecule is CSC(C#N)COCC(C#N)SC. The van der Waals surface area contributed by atoms with Crippen molar-refractivity contribution in [2.24, 2.45) is 0 Å². The largest absolute Gasteiger partial charge is 0.377 e. The van der Waals surface area contributed by atoms with Crippen molar-refractivity contribution in [3.05, 3.63) is 0 Å². The molecule has 0 aliphatic carbocycles. The van der Waals surface area contributed by atoms with Crippen LogP contribution < -0.4 is 0 Å². The molecule has 72 valence electrons. The molecule has 0 rings (SSSR count). The van der Waals surface area contributed by atoms with E-state index in [2.05, 4.69) is 12.1 Å². The van der Waals surface area contributed by atoms with Crippen LogP contribution in [0.1, 0.15) is 0 Å². The maximum absolute atomic E-state index is 8.58. The van der Waals surface area contributed by atoms with Gasteiger partial charge in [0, 0.05) is 0 Å². The molecule has 3 nitrogen and oxygen atoms in total. The van der Waals surface area contributed by atoms with Gasteiger partial charge in [0.15, 0.2) is 0 Å². The molecule has 0 bridgehead atoms. The lowest BCUT2D eigenvalue weighted by molar-refractivity contribution is 0.151. The standard InChI is InChI=1S/C8H12N2OS2/c1-12-7(3-9)5-11-6-8(4-10)13-2/h7-8H,5-6H2,1-2H3. The average molecular weight is 216 g/mol. The van der Waals surface area contributed by atoms with Gasteiger partial charge in [-0.1, -0.05) is 0 Å². The van der Waals surface area contributed by atoms with E-state index in [1.165, 1.54) is 23.5 Å². The van der Waals surface area contributed by atoms with Gasteiger partial charge in [-0.15, -0.1) is 23.5 Å². The first-order chi connectivity index (χ1) is 6.28. The number of nitriles is 2. The van der Waals surface area contributed by atoms with E-state index < -0.39 is 0 Å². The summed E-state index contributed by atoms with van der Waals surface area (Å²) in [4.78, 5) is 0. The monoisotopic (exact) mass is 216 g/mol. The van der Waals surface area contributed by atoms with Gasteiger partial charge in [-0.3, -0.25) is 0 Å². The summed E-state index contributed by atoms with van der Waals surface area (Å²) in [5.41, 5.74) is 0. The molecule has 0 saturated carbocycles. The molecule has 0 heterocycles. The highest BCUT2D eigenvalue weighted by molar-refractivity contribution is 7.99. The van der Waals surface area contributed by atoms with Crippen LogP contribution in [0.2, 0.25) is 0 Å². The molecule has 0 aromatic rings. The Bertz CT molecular complexity index is 187. The molecule has 0 aromatic heterocycles. The topological polar surface area (TPSA) is 56.8 Å². The van der Waals surface area contributed by atoms with Crippen molar-refractivity contribution in [3.8, 4) is 12.1 Å². The van der Waals surface area contributed by atoms with Crippen molar-refractivity contribution < 1.29 is 4.74 Å². The minimum atomic E-state index is -0.124. The zero-order valence-corrected chi connectivity index (χ0v) is 9.32. The lowest BCUT2D eigenvalue weighted by Gasteiger charge is -2.09. The molecule has 0 spiro atoms. The highest BCUT2D eigenvalue weighted by atomic mass is 32.2. The van der Waals surface area contributed by atoms with Gasteiger partial charge < -0.3 is 4.74 Å². The molecule has 0 fully saturated rings. The zero-order chi connectivity index (χ0) is 10.1. The fourth-order valence-electron chi connectivity index (χ4n) is 0.598. The van der Waals surface area contributed by atoms with Gasteiger partial charge in [0.05, 0.1) is 25.4 Å². The maximum Gasteiger partial charge on any atom is 0.115 e. The second-order valence-corrected chi connectivity index (χ2v) is 4.33. The Hall–Kier alpha value is -0.360. The van der Waals surface area contributed by atoms with Crippen LogP contribution in [0.4, 0.5) is 0 Å². The molecule has 0 N–H and O–H groups in total. The van der Waals surface area contributed by atoms with Crippen LogP contribution in [-0.2, 0) is 4.74 Å². The molecule has 2 atom stereocenters. The number of rotatable bonds is 6. The van der Waals surface area contributed by atoms with Crippen molar-refractivity contribution in [1.82, 2.24) is 0 Å². The molecule has 5 heteroatoms. The highest BCUT2D eigenvalue weighted by Crippen LogP contribution is 2.08. The van der Waals surface area contributed by atoms with Crippen LogP contribution in [0, 0.1) is 22.7 Å². The molecule has 0 aromatic carbocycles. The smallest absolute Gasteiger partial charge is 0.115 e. The number of nitrogens with zero attached hydrogens (tertiary/aromatic N) is 2. The Labute approximate surface area is 87.4 Å². The second kappa shape index (κ2) is 8.25. The van der Waals surface area contributed by atoms with Crippen molar-refractivity contribution >= 4 is 23.5 Å². The third kappa shape index (κ3) is 5.81. The van der Waals surface area contributed by atoms with Gasteiger partial charge in [0.2, 0.25) is 0 Å². The van der Waals surface area contributed by atoms with E-state index in [0.717, 1.165) is 0 Å². The Kier molecular flexibility index (Phi) is 8.02. The highest BCUT2D eigenvalue weighted by Gasteiger charge is 2.08. The van der Waals surface area contributed by atoms with E-state index >= 15 is 0 Å². The molecular formula is C8H12N2OS2. The van der Waals surface area contributed by atoms with E-state index in [-0.39, 0.29) is 10.5 Å². The van der Waals surface area contributed by atoms with Gasteiger partial charge >= 0.3 is 0 Å². The molecule has 0 saturated heterocycles. The summed E-state index contributed by atoms with van der Waals surface area (Å²) in [5, 5.41) is 16.9. The summed E-state index contributed by atoms with van der Waals surface area (Å²) in [7, 11) is 0. The third-order valence-electron chi connectivity index (χ3n) is 1.40. The summed E-state index contributed by atoms with van der Waals surface area (Å²) in [6, 6.07) is 4.22. The van der Waals surface area contributed by atoms with Gasteiger partial charge in [0.25, 0.3) is 0 Å². The van der Waals surface area contributed by atoms with Crippen molar-refractivity contribution in [2.75, 3.05) is 25.7 Å². The number of thioether (sulfide) groups is 2. The lowest BCUT2D eigenvalue weighted by atomic mass is 10.5. The number of ether oxygens (including phenoxy) is 1. The summed E-state index contributed by atoms with van der Waals surface area (Å²) < 4.78 is 5.23. The molecule has 2 unspecified atom stereocenters. The quantitative estimate of drug-likeness (QED) is 0.673. The van der Waals surface area contributed by atoms with E-state index in [9.17, 15) is 0 Å². The molecule has 0 amide bonds. The Morgan fingerprint density at radius 1 is 1.08 bits per heavy atom. The van der Waals surface area contributed by atoms with E-state index in [4.69, 9.17) is 15.3 Å².